The van der Waals surface area contributed by atoms with Gasteiger partial charge in [-0.3, -0.25) is 4.98 Å². The molecule has 2 aromatic rings. The van der Waals surface area contributed by atoms with Crippen molar-refractivity contribution in [3.8, 4) is 0 Å². The molecule has 0 aromatic carbocycles. The lowest BCUT2D eigenvalue weighted by atomic mass is 10.1. The normalized spacial score (nSPS) is 12.6. The topological polar surface area (TPSA) is 37.8 Å². The van der Waals surface area contributed by atoms with E-state index in [-0.39, 0.29) is 0 Å². The summed E-state index contributed by atoms with van der Waals surface area (Å²) in [6.45, 7) is 4.14. The summed E-state index contributed by atoms with van der Waals surface area (Å²) < 4.78 is 0. The predicted molar refractivity (Wildman–Crippen MR) is 71.3 cm³/mol. The van der Waals surface area contributed by atoms with Gasteiger partial charge in [-0.25, -0.2) is 4.98 Å². The Bertz CT molecular complexity index is 493. The van der Waals surface area contributed by atoms with Crippen LogP contribution in [0.5, 0.6) is 0 Å². The largest absolute Gasteiger partial charge is 0.312 e. The summed E-state index contributed by atoms with van der Waals surface area (Å²) in [5.74, 6) is 0. The molecule has 0 spiro atoms. The minimum Gasteiger partial charge on any atom is -0.312 e. The SMILES string of the molecule is CNC(Cc1ncccc1C)c1cnc(C)s1. The molecule has 0 amide bonds. The lowest BCUT2D eigenvalue weighted by Gasteiger charge is -2.14. The second-order valence-corrected chi connectivity index (χ2v) is 5.36. The van der Waals surface area contributed by atoms with Crippen LogP contribution < -0.4 is 5.32 Å². The van der Waals surface area contributed by atoms with Crippen LogP contribution in [0.4, 0.5) is 0 Å². The van der Waals surface area contributed by atoms with Crippen LogP contribution in [0.1, 0.15) is 27.2 Å². The Morgan fingerprint density at radius 1 is 1.35 bits per heavy atom. The first-order valence-corrected chi connectivity index (χ1v) is 6.52. The maximum Gasteiger partial charge on any atom is 0.0897 e. The smallest absolute Gasteiger partial charge is 0.0897 e. The van der Waals surface area contributed by atoms with E-state index >= 15 is 0 Å². The average Bonchev–Trinajstić information content (AvgIpc) is 2.75. The number of nitrogens with one attached hydrogen (secondary N) is 1. The van der Waals surface area contributed by atoms with E-state index < -0.39 is 0 Å². The number of thiazole rings is 1. The molecule has 1 unspecified atom stereocenters. The highest BCUT2D eigenvalue weighted by Crippen LogP contribution is 2.23. The fraction of sp³-hybridized carbons (Fsp3) is 0.385. The molecule has 0 fully saturated rings. The molecule has 1 N–H and O–H groups in total. The van der Waals surface area contributed by atoms with Crippen LogP contribution in [0.25, 0.3) is 0 Å². The second kappa shape index (κ2) is 5.38. The van der Waals surface area contributed by atoms with Gasteiger partial charge in [0, 0.05) is 35.4 Å². The zero-order valence-corrected chi connectivity index (χ0v) is 11.2. The Balaban J connectivity index is 2.18. The van der Waals surface area contributed by atoms with Crippen molar-refractivity contribution in [2.45, 2.75) is 26.3 Å². The number of nitrogens with zero attached hydrogens (tertiary/aromatic N) is 2. The van der Waals surface area contributed by atoms with Gasteiger partial charge in [-0.05, 0) is 32.5 Å². The van der Waals surface area contributed by atoms with Crippen molar-refractivity contribution in [2.75, 3.05) is 7.05 Å². The van der Waals surface area contributed by atoms with Gasteiger partial charge in [0.25, 0.3) is 0 Å². The summed E-state index contributed by atoms with van der Waals surface area (Å²) in [4.78, 5) is 10.0. The standard InChI is InChI=1S/C13H17N3S/c1-9-5-4-6-15-11(9)7-12(14-3)13-8-16-10(2)17-13/h4-6,8,12,14H,7H2,1-3H3. The molecule has 90 valence electrons. The van der Waals surface area contributed by atoms with Crippen LogP contribution in [-0.4, -0.2) is 17.0 Å². The summed E-state index contributed by atoms with van der Waals surface area (Å²) in [6, 6.07) is 4.38. The molecule has 0 aliphatic carbocycles. The van der Waals surface area contributed by atoms with Crippen molar-refractivity contribution in [1.82, 2.24) is 15.3 Å². The first-order chi connectivity index (χ1) is 8.20. The zero-order chi connectivity index (χ0) is 12.3. The Morgan fingerprint density at radius 3 is 2.76 bits per heavy atom. The Kier molecular flexibility index (Phi) is 3.86. The Morgan fingerprint density at radius 2 is 2.18 bits per heavy atom. The van der Waals surface area contributed by atoms with Gasteiger partial charge in [0.15, 0.2) is 0 Å². The lowest BCUT2D eigenvalue weighted by Crippen LogP contribution is -2.18. The molecule has 2 rings (SSSR count). The Labute approximate surface area is 106 Å². The van der Waals surface area contributed by atoms with Gasteiger partial charge >= 0.3 is 0 Å². The van der Waals surface area contributed by atoms with Gasteiger partial charge in [-0.15, -0.1) is 11.3 Å². The van der Waals surface area contributed by atoms with Crippen LogP contribution >= 0.6 is 11.3 Å². The monoisotopic (exact) mass is 247 g/mol. The van der Waals surface area contributed by atoms with Crippen LogP contribution in [0.2, 0.25) is 0 Å². The molecule has 4 heteroatoms. The summed E-state index contributed by atoms with van der Waals surface area (Å²) in [7, 11) is 1.98. The van der Waals surface area contributed by atoms with Crippen molar-refractivity contribution in [2.24, 2.45) is 0 Å². The van der Waals surface area contributed by atoms with E-state index in [1.54, 1.807) is 11.3 Å². The molecule has 3 nitrogen and oxygen atoms in total. The molecular formula is C13H17N3S. The molecular weight excluding hydrogens is 230 g/mol. The second-order valence-electron chi connectivity index (χ2n) is 4.09. The molecule has 1 atom stereocenters. The van der Waals surface area contributed by atoms with Gasteiger partial charge in [0.2, 0.25) is 0 Å². The molecule has 0 radical (unpaired) electrons. The fourth-order valence-corrected chi connectivity index (χ4v) is 2.70. The number of hydrogen-bond donors (Lipinski definition) is 1. The highest BCUT2D eigenvalue weighted by molar-refractivity contribution is 7.11. The number of aromatic nitrogens is 2. The maximum atomic E-state index is 4.44. The summed E-state index contributed by atoms with van der Waals surface area (Å²) in [5.41, 5.74) is 2.40. The highest BCUT2D eigenvalue weighted by Gasteiger charge is 2.14. The van der Waals surface area contributed by atoms with Gasteiger partial charge < -0.3 is 5.32 Å². The molecule has 0 aliphatic rings. The number of aryl methyl sites for hydroxylation is 2. The van der Waals surface area contributed by atoms with Crippen molar-refractivity contribution in [3.05, 3.63) is 45.7 Å². The minimum absolute atomic E-state index is 0.301. The quantitative estimate of drug-likeness (QED) is 0.902. The van der Waals surface area contributed by atoms with Crippen molar-refractivity contribution < 1.29 is 0 Å². The summed E-state index contributed by atoms with van der Waals surface area (Å²) in [5, 5.41) is 4.45. The van der Waals surface area contributed by atoms with Crippen LogP contribution in [0.15, 0.2) is 24.5 Å². The number of likely N-dealkylation sites (N-methyl/N-ethyl adjacent to an activating group) is 1. The molecule has 0 saturated heterocycles. The fourth-order valence-electron chi connectivity index (χ4n) is 1.81. The lowest BCUT2D eigenvalue weighted by molar-refractivity contribution is 0.591. The first kappa shape index (κ1) is 12.2. The van der Waals surface area contributed by atoms with Gasteiger partial charge in [0.05, 0.1) is 5.01 Å². The first-order valence-electron chi connectivity index (χ1n) is 5.71. The molecule has 2 aromatic heterocycles. The average molecular weight is 247 g/mol. The minimum atomic E-state index is 0.301. The van der Waals surface area contributed by atoms with Crippen LogP contribution in [0.3, 0.4) is 0 Å². The van der Waals surface area contributed by atoms with Crippen molar-refractivity contribution in [1.29, 1.82) is 0 Å². The predicted octanol–water partition coefficient (Wildman–Crippen LogP) is 2.66. The molecule has 17 heavy (non-hydrogen) atoms. The van der Waals surface area contributed by atoms with Gasteiger partial charge in [-0.2, -0.15) is 0 Å². The zero-order valence-electron chi connectivity index (χ0n) is 10.4. The molecule has 0 bridgehead atoms. The van der Waals surface area contributed by atoms with Gasteiger partial charge in [0.1, 0.15) is 0 Å². The number of pyridine rings is 1. The molecule has 0 aliphatic heterocycles. The van der Waals surface area contributed by atoms with E-state index in [0.717, 1.165) is 17.1 Å². The maximum absolute atomic E-state index is 4.44. The number of rotatable bonds is 4. The van der Waals surface area contributed by atoms with E-state index in [1.807, 2.05) is 32.4 Å². The van der Waals surface area contributed by atoms with E-state index in [9.17, 15) is 0 Å². The van der Waals surface area contributed by atoms with E-state index in [4.69, 9.17) is 0 Å². The summed E-state index contributed by atoms with van der Waals surface area (Å²) >= 11 is 1.74. The van der Waals surface area contributed by atoms with Crippen LogP contribution in [-0.2, 0) is 6.42 Å². The molecule has 2 heterocycles. The van der Waals surface area contributed by atoms with E-state index in [0.29, 0.717) is 6.04 Å². The third-order valence-electron chi connectivity index (χ3n) is 2.85. The van der Waals surface area contributed by atoms with Crippen molar-refractivity contribution in [3.63, 3.8) is 0 Å². The van der Waals surface area contributed by atoms with Gasteiger partial charge in [-0.1, -0.05) is 6.07 Å². The van der Waals surface area contributed by atoms with E-state index in [2.05, 4.69) is 28.3 Å². The number of hydrogen-bond acceptors (Lipinski definition) is 4. The third-order valence-corrected chi connectivity index (χ3v) is 3.87. The van der Waals surface area contributed by atoms with E-state index in [1.165, 1.54) is 10.4 Å². The van der Waals surface area contributed by atoms with Crippen molar-refractivity contribution >= 4 is 11.3 Å². The molecule has 0 saturated carbocycles. The highest BCUT2D eigenvalue weighted by atomic mass is 32.1. The third kappa shape index (κ3) is 2.90. The summed E-state index contributed by atoms with van der Waals surface area (Å²) in [6.07, 6.45) is 4.72. The Hall–Kier alpha value is -1.26. The van der Waals surface area contributed by atoms with Crippen LogP contribution in [0, 0.1) is 13.8 Å².